The van der Waals surface area contributed by atoms with Crippen LogP contribution in [0.1, 0.15) is 33.8 Å². The van der Waals surface area contributed by atoms with E-state index in [0.717, 1.165) is 12.1 Å². The van der Waals surface area contributed by atoms with Crippen LogP contribution < -0.4 is 9.62 Å². The number of hydrogen-bond acceptors (Lipinski definition) is 7. The van der Waals surface area contributed by atoms with E-state index < -0.39 is 21.9 Å². The van der Waals surface area contributed by atoms with Gasteiger partial charge in [-0.05, 0) is 74.6 Å². The topological polar surface area (TPSA) is 108 Å². The monoisotopic (exact) mass is 548 g/mol. The van der Waals surface area contributed by atoms with Crippen molar-refractivity contribution in [3.63, 3.8) is 0 Å². The van der Waals surface area contributed by atoms with Gasteiger partial charge in [-0.15, -0.1) is 0 Å². The Morgan fingerprint density at radius 1 is 0.974 bits per heavy atom. The lowest BCUT2D eigenvalue weighted by molar-refractivity contribution is -0.115. The highest BCUT2D eigenvalue weighted by Crippen LogP contribution is 2.37. The lowest BCUT2D eigenvalue weighted by Crippen LogP contribution is -2.32. The van der Waals surface area contributed by atoms with Crippen LogP contribution >= 0.6 is 0 Å². The summed E-state index contributed by atoms with van der Waals surface area (Å²) in [6.45, 7) is 1.13. The summed E-state index contributed by atoms with van der Waals surface area (Å²) in [4.78, 5) is 32.1. The fourth-order valence-corrected chi connectivity index (χ4v) is 5.50. The van der Waals surface area contributed by atoms with Crippen molar-refractivity contribution in [1.29, 1.82) is 0 Å². The largest absolute Gasteiger partial charge is 0.465 e. The Labute approximate surface area is 229 Å². The summed E-state index contributed by atoms with van der Waals surface area (Å²) in [5.74, 6) is -1.44. The molecule has 0 saturated heterocycles. The number of anilines is 2. The second kappa shape index (κ2) is 11.8. The van der Waals surface area contributed by atoms with Crippen LogP contribution in [0.3, 0.4) is 0 Å². The van der Waals surface area contributed by atoms with E-state index in [4.69, 9.17) is 9.73 Å². The summed E-state index contributed by atoms with van der Waals surface area (Å²) < 4.78 is 31.2. The Hall–Kier alpha value is -4.02. The van der Waals surface area contributed by atoms with Crippen molar-refractivity contribution in [2.75, 3.05) is 50.2 Å². The maximum absolute atomic E-state index is 13.2. The molecular formula is C29H32N4O5S. The first-order chi connectivity index (χ1) is 18.6. The molecule has 1 atom stereocenters. The van der Waals surface area contributed by atoms with Crippen molar-refractivity contribution in [2.45, 2.75) is 12.3 Å². The van der Waals surface area contributed by atoms with E-state index in [2.05, 4.69) is 5.32 Å². The van der Waals surface area contributed by atoms with Gasteiger partial charge in [0.25, 0.3) is 0 Å². The molecule has 39 heavy (non-hydrogen) atoms. The van der Waals surface area contributed by atoms with Crippen molar-refractivity contribution >= 4 is 44.7 Å². The average Bonchev–Trinajstić information content (AvgIpc) is 3.24. The van der Waals surface area contributed by atoms with E-state index in [0.29, 0.717) is 46.9 Å². The summed E-state index contributed by atoms with van der Waals surface area (Å²) in [5, 5.41) is 2.87. The minimum atomic E-state index is -3.47. The zero-order chi connectivity index (χ0) is 28.2. The Kier molecular flexibility index (Phi) is 8.47. The number of rotatable bonds is 10. The first kappa shape index (κ1) is 28.0. The highest BCUT2D eigenvalue weighted by molar-refractivity contribution is 7.92. The molecule has 0 aliphatic carbocycles. The quantitative estimate of drug-likeness (QED) is 0.303. The molecule has 0 spiro atoms. The molecule has 1 unspecified atom stereocenters. The number of fused-ring (bicyclic) bond motifs is 1. The Morgan fingerprint density at radius 3 is 2.28 bits per heavy atom. The molecule has 0 saturated carbocycles. The summed E-state index contributed by atoms with van der Waals surface area (Å²) in [5.41, 5.74) is 4.02. The number of nitrogens with one attached hydrogen (secondary N) is 1. The molecule has 3 aromatic carbocycles. The van der Waals surface area contributed by atoms with Crippen LogP contribution in [0.15, 0.2) is 77.8 Å². The third-order valence-corrected chi connectivity index (χ3v) is 7.60. The third kappa shape index (κ3) is 6.52. The number of nitrogens with zero attached hydrogens (tertiary/aromatic N) is 3. The fraction of sp³-hybridized carbons (Fsp3) is 0.276. The van der Waals surface area contributed by atoms with Crippen LogP contribution in [0.4, 0.5) is 17.1 Å². The van der Waals surface area contributed by atoms with Gasteiger partial charge in [0.05, 0.1) is 36.0 Å². The number of ether oxygens (including phenoxy) is 1. The van der Waals surface area contributed by atoms with Crippen molar-refractivity contribution in [3.8, 4) is 0 Å². The molecule has 204 valence electrons. The molecule has 0 aromatic heterocycles. The normalized spacial score (nSPS) is 15.2. The zero-order valence-corrected chi connectivity index (χ0v) is 23.2. The molecule has 1 aliphatic heterocycles. The van der Waals surface area contributed by atoms with Crippen molar-refractivity contribution in [2.24, 2.45) is 4.99 Å². The lowest BCUT2D eigenvalue weighted by Gasteiger charge is -2.23. The van der Waals surface area contributed by atoms with E-state index in [1.54, 1.807) is 42.5 Å². The van der Waals surface area contributed by atoms with E-state index in [-0.39, 0.29) is 5.91 Å². The molecule has 3 aromatic rings. The zero-order valence-electron chi connectivity index (χ0n) is 22.4. The summed E-state index contributed by atoms with van der Waals surface area (Å²) in [6, 6.07) is 21.3. The van der Waals surface area contributed by atoms with Crippen LogP contribution in [-0.4, -0.2) is 71.5 Å². The minimum Gasteiger partial charge on any atom is -0.465 e. The van der Waals surface area contributed by atoms with Crippen molar-refractivity contribution in [3.05, 3.63) is 89.5 Å². The molecule has 0 bridgehead atoms. The maximum Gasteiger partial charge on any atom is 0.337 e. The first-order valence-corrected chi connectivity index (χ1v) is 14.3. The standard InChI is InChI=1S/C29H32N4O5S/c1-32(2)17-8-18-33(39(4,36)37)23-14-12-22(13-15-23)30-27(20-9-6-5-7-10-20)26-24-16-11-21(29(35)38-3)19-25(24)31-28(26)34/h5-7,9-16,19,26H,8,17-18H2,1-4H3,(H,31,34). The number of benzene rings is 3. The molecule has 4 rings (SSSR count). The second-order valence-corrected chi connectivity index (χ2v) is 11.5. The molecule has 1 aliphatic rings. The van der Waals surface area contributed by atoms with Gasteiger partial charge in [-0.3, -0.25) is 14.1 Å². The predicted molar refractivity (Wildman–Crippen MR) is 154 cm³/mol. The molecule has 0 radical (unpaired) electrons. The van der Waals surface area contributed by atoms with Gasteiger partial charge in [0, 0.05) is 12.2 Å². The SMILES string of the molecule is COC(=O)c1ccc2c(c1)NC(=O)C2C(=Nc1ccc(N(CCCN(C)C)S(C)(=O)=O)cc1)c1ccccc1. The number of carbonyl (C=O) groups is 2. The van der Waals surface area contributed by atoms with Gasteiger partial charge in [-0.1, -0.05) is 36.4 Å². The smallest absolute Gasteiger partial charge is 0.337 e. The van der Waals surface area contributed by atoms with E-state index in [9.17, 15) is 18.0 Å². The number of esters is 1. The molecule has 1 N–H and O–H groups in total. The second-order valence-electron chi connectivity index (χ2n) is 9.59. The van der Waals surface area contributed by atoms with Gasteiger partial charge in [-0.25, -0.2) is 13.2 Å². The van der Waals surface area contributed by atoms with Crippen molar-refractivity contribution in [1.82, 2.24) is 4.90 Å². The Morgan fingerprint density at radius 2 is 1.67 bits per heavy atom. The molecular weight excluding hydrogens is 516 g/mol. The fourth-order valence-electron chi connectivity index (χ4n) is 4.53. The Balaban J connectivity index is 1.71. The number of sulfonamides is 1. The molecule has 9 nitrogen and oxygen atoms in total. The van der Waals surface area contributed by atoms with Crippen LogP contribution in [0.2, 0.25) is 0 Å². The van der Waals surface area contributed by atoms with E-state index in [1.165, 1.54) is 17.7 Å². The van der Waals surface area contributed by atoms with Crippen molar-refractivity contribution < 1.29 is 22.7 Å². The average molecular weight is 549 g/mol. The van der Waals surface area contributed by atoms with Gasteiger partial charge in [0.1, 0.15) is 5.92 Å². The van der Waals surface area contributed by atoms with E-state index in [1.807, 2.05) is 49.3 Å². The molecule has 10 heteroatoms. The number of methoxy groups -OCH3 is 1. The van der Waals surface area contributed by atoms with Crippen LogP contribution in [0, 0.1) is 0 Å². The summed E-state index contributed by atoms with van der Waals surface area (Å²) in [7, 11) is 1.73. The number of aliphatic imine (C=N–C) groups is 1. The number of carbonyl (C=O) groups excluding carboxylic acids is 2. The van der Waals surface area contributed by atoms with Gasteiger partial charge in [0.2, 0.25) is 15.9 Å². The van der Waals surface area contributed by atoms with E-state index >= 15 is 0 Å². The molecule has 1 amide bonds. The van der Waals surface area contributed by atoms with Gasteiger partial charge in [-0.2, -0.15) is 0 Å². The Bertz CT molecular complexity index is 1490. The minimum absolute atomic E-state index is 0.254. The number of hydrogen-bond donors (Lipinski definition) is 1. The predicted octanol–water partition coefficient (Wildman–Crippen LogP) is 4.05. The van der Waals surface area contributed by atoms with Gasteiger partial charge >= 0.3 is 5.97 Å². The first-order valence-electron chi connectivity index (χ1n) is 12.5. The highest BCUT2D eigenvalue weighted by Gasteiger charge is 2.36. The summed E-state index contributed by atoms with van der Waals surface area (Å²) in [6.07, 6.45) is 1.88. The third-order valence-electron chi connectivity index (χ3n) is 6.40. The lowest BCUT2D eigenvalue weighted by atomic mass is 9.90. The molecule has 0 fully saturated rings. The maximum atomic E-state index is 13.2. The van der Waals surface area contributed by atoms with Gasteiger partial charge < -0.3 is 15.0 Å². The molecule has 1 heterocycles. The van der Waals surface area contributed by atoms with Crippen LogP contribution in [0.5, 0.6) is 0 Å². The highest BCUT2D eigenvalue weighted by atomic mass is 32.2. The van der Waals surface area contributed by atoms with Gasteiger partial charge in [0.15, 0.2) is 0 Å². The van der Waals surface area contributed by atoms with Crippen LogP contribution in [0.25, 0.3) is 0 Å². The number of amides is 1. The van der Waals surface area contributed by atoms with Crippen LogP contribution in [-0.2, 0) is 19.6 Å². The summed E-state index contributed by atoms with van der Waals surface area (Å²) >= 11 is 0.